The number of carbonyl (C=O) groups is 4. The number of rotatable bonds is 7. The van der Waals surface area contributed by atoms with E-state index in [9.17, 15) is 19.2 Å². The summed E-state index contributed by atoms with van der Waals surface area (Å²) in [4.78, 5) is 50.7. The fourth-order valence-electron chi connectivity index (χ4n) is 4.31. The minimum absolute atomic E-state index is 0.0397. The summed E-state index contributed by atoms with van der Waals surface area (Å²) in [5.74, 6) is -1.58. The van der Waals surface area contributed by atoms with Gasteiger partial charge in [-0.05, 0) is 60.0 Å². The lowest BCUT2D eigenvalue weighted by atomic mass is 10.1. The highest BCUT2D eigenvalue weighted by molar-refractivity contribution is 6.30. The number of hydrazine groups is 1. The van der Waals surface area contributed by atoms with Crippen LogP contribution in [0.1, 0.15) is 16.8 Å². The minimum Gasteiger partial charge on any atom is -0.457 e. The molecule has 2 N–H and O–H groups in total. The topological polar surface area (TPSA) is 114 Å². The Balaban J connectivity index is 1.11. The molecule has 4 aromatic rings. The molecule has 0 unspecified atom stereocenters. The number of halogens is 1. The SMILES string of the molecule is O=C(COC(=O)[C@H]1CC(=O)N(c2ccc(Oc3cccc4ccccc34)cc2)C1)NNC(=O)c1ccc(Cl)cc1. The van der Waals surface area contributed by atoms with Gasteiger partial charge in [0.1, 0.15) is 11.5 Å². The molecule has 0 spiro atoms. The van der Waals surface area contributed by atoms with E-state index in [0.29, 0.717) is 22.0 Å². The molecule has 1 aliphatic heterocycles. The number of anilines is 1. The Labute approximate surface area is 234 Å². The summed E-state index contributed by atoms with van der Waals surface area (Å²) < 4.78 is 11.1. The Morgan fingerprint density at radius 3 is 2.38 bits per heavy atom. The van der Waals surface area contributed by atoms with Gasteiger partial charge in [0.05, 0.1) is 5.92 Å². The van der Waals surface area contributed by atoms with Crippen molar-refractivity contribution in [2.75, 3.05) is 18.1 Å². The number of benzene rings is 4. The van der Waals surface area contributed by atoms with Gasteiger partial charge in [-0.2, -0.15) is 0 Å². The summed E-state index contributed by atoms with van der Waals surface area (Å²) in [5.41, 5.74) is 5.32. The highest BCUT2D eigenvalue weighted by atomic mass is 35.5. The molecule has 10 heteroatoms. The second kappa shape index (κ2) is 11.9. The van der Waals surface area contributed by atoms with Crippen molar-refractivity contribution in [3.63, 3.8) is 0 Å². The lowest BCUT2D eigenvalue weighted by Crippen LogP contribution is -2.43. The molecule has 1 heterocycles. The van der Waals surface area contributed by atoms with Crippen LogP contribution < -0.4 is 20.5 Å². The Bertz CT molecular complexity index is 1570. The normalized spacial score (nSPS) is 14.6. The largest absolute Gasteiger partial charge is 0.457 e. The smallest absolute Gasteiger partial charge is 0.311 e. The van der Waals surface area contributed by atoms with Gasteiger partial charge in [-0.15, -0.1) is 0 Å². The van der Waals surface area contributed by atoms with Crippen molar-refractivity contribution in [3.8, 4) is 11.5 Å². The predicted molar refractivity (Wildman–Crippen MR) is 149 cm³/mol. The Kier molecular flexibility index (Phi) is 7.93. The molecule has 1 aliphatic rings. The van der Waals surface area contributed by atoms with Gasteiger partial charge >= 0.3 is 5.97 Å². The van der Waals surface area contributed by atoms with Crippen LogP contribution in [0.3, 0.4) is 0 Å². The molecule has 4 aromatic carbocycles. The molecule has 1 fully saturated rings. The monoisotopic (exact) mass is 557 g/mol. The molecule has 1 atom stereocenters. The van der Waals surface area contributed by atoms with Gasteiger partial charge in [-0.3, -0.25) is 30.0 Å². The summed E-state index contributed by atoms with van der Waals surface area (Å²) in [6, 6.07) is 26.9. The highest BCUT2D eigenvalue weighted by Crippen LogP contribution is 2.32. The Morgan fingerprint density at radius 1 is 0.875 bits per heavy atom. The van der Waals surface area contributed by atoms with Crippen molar-refractivity contribution < 1.29 is 28.7 Å². The molecular formula is C30H24ClN3O6. The molecule has 0 aliphatic carbocycles. The van der Waals surface area contributed by atoms with E-state index in [1.165, 1.54) is 17.0 Å². The zero-order chi connectivity index (χ0) is 28.1. The van der Waals surface area contributed by atoms with Gasteiger partial charge < -0.3 is 14.4 Å². The third kappa shape index (κ3) is 6.22. The van der Waals surface area contributed by atoms with Gasteiger partial charge in [-0.25, -0.2) is 0 Å². The van der Waals surface area contributed by atoms with Crippen molar-refractivity contribution in [2.24, 2.45) is 5.92 Å². The number of esters is 1. The predicted octanol–water partition coefficient (Wildman–Crippen LogP) is 4.64. The van der Waals surface area contributed by atoms with Crippen LogP contribution in [0.4, 0.5) is 5.69 Å². The van der Waals surface area contributed by atoms with Crippen LogP contribution >= 0.6 is 11.6 Å². The van der Waals surface area contributed by atoms with Crippen molar-refractivity contribution in [1.29, 1.82) is 0 Å². The highest BCUT2D eigenvalue weighted by Gasteiger charge is 2.36. The van der Waals surface area contributed by atoms with E-state index in [0.717, 1.165) is 16.5 Å². The summed E-state index contributed by atoms with van der Waals surface area (Å²) >= 11 is 5.79. The molecule has 40 heavy (non-hydrogen) atoms. The Hall–Kier alpha value is -4.89. The summed E-state index contributed by atoms with van der Waals surface area (Å²) in [7, 11) is 0. The van der Waals surface area contributed by atoms with E-state index in [1.54, 1.807) is 36.4 Å². The lowest BCUT2D eigenvalue weighted by molar-refractivity contribution is -0.152. The van der Waals surface area contributed by atoms with Crippen molar-refractivity contribution >= 4 is 51.8 Å². The number of nitrogens with zero attached hydrogens (tertiary/aromatic N) is 1. The summed E-state index contributed by atoms with van der Waals surface area (Å²) in [5, 5.41) is 2.53. The maximum atomic E-state index is 12.6. The number of carbonyl (C=O) groups excluding carboxylic acids is 4. The average Bonchev–Trinajstić information content (AvgIpc) is 3.37. The fraction of sp³-hybridized carbons (Fsp3) is 0.133. The maximum absolute atomic E-state index is 12.6. The summed E-state index contributed by atoms with van der Waals surface area (Å²) in [6.45, 7) is -0.485. The second-order valence-corrected chi connectivity index (χ2v) is 9.53. The van der Waals surface area contributed by atoms with Crippen LogP contribution in [0.2, 0.25) is 5.02 Å². The molecule has 0 bridgehead atoms. The first-order valence-electron chi connectivity index (χ1n) is 12.4. The number of fused-ring (bicyclic) bond motifs is 1. The van der Waals surface area contributed by atoms with Gasteiger partial charge in [0.2, 0.25) is 5.91 Å². The molecular weight excluding hydrogens is 534 g/mol. The third-order valence-electron chi connectivity index (χ3n) is 6.35. The fourth-order valence-corrected chi connectivity index (χ4v) is 4.44. The molecule has 202 valence electrons. The van der Waals surface area contributed by atoms with Crippen molar-refractivity contribution in [2.45, 2.75) is 6.42 Å². The molecule has 1 saturated heterocycles. The molecule has 0 radical (unpaired) electrons. The standard InChI is InChI=1S/C30H24ClN3O6/c31-22-10-8-20(9-11-22)29(37)33-32-27(35)18-39-30(38)21-16-28(36)34(17-21)23-12-14-24(15-13-23)40-26-7-3-5-19-4-1-2-6-25(19)26/h1-15,21H,16-18H2,(H,32,35)(H,33,37)/t21-/m0/s1. The molecule has 0 saturated carbocycles. The second-order valence-electron chi connectivity index (χ2n) is 9.10. The maximum Gasteiger partial charge on any atom is 0.311 e. The van der Waals surface area contributed by atoms with E-state index < -0.39 is 30.3 Å². The van der Waals surface area contributed by atoms with Gasteiger partial charge in [0, 0.05) is 34.6 Å². The third-order valence-corrected chi connectivity index (χ3v) is 6.60. The van der Waals surface area contributed by atoms with Gasteiger partial charge in [0.15, 0.2) is 6.61 Å². The van der Waals surface area contributed by atoms with Gasteiger partial charge in [0.25, 0.3) is 11.8 Å². The number of hydrogen-bond acceptors (Lipinski definition) is 6. The van der Waals surface area contributed by atoms with Crippen LogP contribution in [0.5, 0.6) is 11.5 Å². The first-order valence-corrected chi connectivity index (χ1v) is 12.8. The molecule has 9 nitrogen and oxygen atoms in total. The van der Waals surface area contributed by atoms with E-state index in [4.69, 9.17) is 21.1 Å². The van der Waals surface area contributed by atoms with Gasteiger partial charge in [-0.1, -0.05) is 48.0 Å². The number of nitrogens with one attached hydrogen (secondary N) is 2. The van der Waals surface area contributed by atoms with E-state index in [-0.39, 0.29) is 18.9 Å². The van der Waals surface area contributed by atoms with Crippen LogP contribution in [0.25, 0.3) is 10.8 Å². The number of ether oxygens (including phenoxy) is 2. The minimum atomic E-state index is -0.726. The number of amides is 3. The first-order chi connectivity index (χ1) is 19.4. The van der Waals surface area contributed by atoms with E-state index in [1.807, 2.05) is 42.5 Å². The Morgan fingerprint density at radius 2 is 1.60 bits per heavy atom. The molecule has 5 rings (SSSR count). The molecule has 0 aromatic heterocycles. The zero-order valence-corrected chi connectivity index (χ0v) is 21.9. The number of hydrogen-bond donors (Lipinski definition) is 2. The zero-order valence-electron chi connectivity index (χ0n) is 21.1. The molecule has 3 amide bonds. The summed E-state index contributed by atoms with van der Waals surface area (Å²) in [6.07, 6.45) is -0.0397. The van der Waals surface area contributed by atoms with Crippen molar-refractivity contribution in [3.05, 3.63) is 102 Å². The average molecular weight is 558 g/mol. The quantitative estimate of drug-likeness (QED) is 0.253. The van der Waals surface area contributed by atoms with E-state index >= 15 is 0 Å². The van der Waals surface area contributed by atoms with Crippen molar-refractivity contribution in [1.82, 2.24) is 10.9 Å². The van der Waals surface area contributed by atoms with Crippen LogP contribution in [-0.2, 0) is 19.1 Å². The first kappa shape index (κ1) is 26.7. The van der Waals surface area contributed by atoms with Crippen LogP contribution in [-0.4, -0.2) is 36.8 Å². The van der Waals surface area contributed by atoms with E-state index in [2.05, 4.69) is 10.9 Å². The van der Waals surface area contributed by atoms with Crippen LogP contribution in [0.15, 0.2) is 91.0 Å². The van der Waals surface area contributed by atoms with Crippen LogP contribution in [0, 0.1) is 5.92 Å². The lowest BCUT2D eigenvalue weighted by Gasteiger charge is -2.17.